The topological polar surface area (TPSA) is 125 Å². The highest BCUT2D eigenvalue weighted by Gasteiger charge is 2.49. The Hall–Kier alpha value is -3.67. The van der Waals surface area contributed by atoms with Gasteiger partial charge in [-0.3, -0.25) is 9.67 Å². The maximum absolute atomic E-state index is 14.9. The summed E-state index contributed by atoms with van der Waals surface area (Å²) in [5.41, 5.74) is 4.75. The molecule has 0 aliphatic carbocycles. The van der Waals surface area contributed by atoms with Crippen LogP contribution in [0.5, 0.6) is 5.88 Å². The lowest BCUT2D eigenvalue weighted by molar-refractivity contribution is 0.279. The number of hydrogen-bond acceptors (Lipinski definition) is 8. The van der Waals surface area contributed by atoms with E-state index in [-0.39, 0.29) is 23.0 Å². The van der Waals surface area contributed by atoms with Gasteiger partial charge >= 0.3 is 0 Å². The van der Waals surface area contributed by atoms with E-state index in [1.54, 1.807) is 23.1 Å². The van der Waals surface area contributed by atoms with Crippen LogP contribution < -0.4 is 10.5 Å². The van der Waals surface area contributed by atoms with Crippen LogP contribution in [0.25, 0.3) is 11.9 Å². The Labute approximate surface area is 207 Å². The zero-order valence-corrected chi connectivity index (χ0v) is 20.8. The summed E-state index contributed by atoms with van der Waals surface area (Å²) in [5, 5.41) is 4.06. The number of ether oxygens (including phenoxy) is 1. The van der Waals surface area contributed by atoms with E-state index in [0.29, 0.717) is 18.7 Å². The third-order valence-corrected chi connectivity index (χ3v) is 8.81. The average Bonchev–Trinajstić information content (AvgIpc) is 3.33. The standard InChI is InChI=1S/C24H26F2N6O3S/c1-23(2)22(27)31-24(3,15-36(23,33)34)17-11-16(5-6-18(17)25)12-19(26)20-13-29-21(14-28-20)35-10-9-32-8-4-7-30-32/h4-8,11-14H,9-10,15H2,1-3H3,(H2,27,31)/b19-12-/t24-/m0/s1. The average molecular weight is 517 g/mol. The molecule has 0 amide bonds. The highest BCUT2D eigenvalue weighted by Crippen LogP contribution is 2.38. The molecule has 0 radical (unpaired) electrons. The molecule has 4 rings (SSSR count). The molecule has 1 aromatic carbocycles. The highest BCUT2D eigenvalue weighted by atomic mass is 32.2. The predicted molar refractivity (Wildman–Crippen MR) is 132 cm³/mol. The van der Waals surface area contributed by atoms with Crippen LogP contribution in [0.4, 0.5) is 8.78 Å². The van der Waals surface area contributed by atoms with E-state index >= 15 is 0 Å². The zero-order chi connectivity index (χ0) is 26.1. The van der Waals surface area contributed by atoms with Crippen molar-refractivity contribution < 1.29 is 21.9 Å². The molecule has 0 unspecified atom stereocenters. The van der Waals surface area contributed by atoms with Crippen molar-refractivity contribution in [1.29, 1.82) is 0 Å². The second-order valence-corrected chi connectivity index (χ2v) is 11.7. The molecule has 2 aromatic heterocycles. The van der Waals surface area contributed by atoms with Crippen LogP contribution in [0.2, 0.25) is 0 Å². The van der Waals surface area contributed by atoms with Crippen molar-refractivity contribution >= 4 is 27.6 Å². The van der Waals surface area contributed by atoms with E-state index in [9.17, 15) is 17.2 Å². The minimum absolute atomic E-state index is 0.00177. The van der Waals surface area contributed by atoms with E-state index < -0.39 is 37.5 Å². The third-order valence-electron chi connectivity index (χ3n) is 6.10. The molecule has 0 fully saturated rings. The molecule has 1 aliphatic rings. The monoisotopic (exact) mass is 516 g/mol. The van der Waals surface area contributed by atoms with E-state index in [1.165, 1.54) is 45.3 Å². The number of nitrogens with zero attached hydrogens (tertiary/aromatic N) is 5. The smallest absolute Gasteiger partial charge is 0.232 e. The molecule has 3 heterocycles. The SMILES string of the molecule is CC1(C)C(N)=N[C@](C)(c2cc(/C=C(\F)c3cnc(OCCn4cccn4)cn3)ccc2F)CS1(=O)=O. The van der Waals surface area contributed by atoms with Crippen molar-refractivity contribution in [3.63, 3.8) is 0 Å². The highest BCUT2D eigenvalue weighted by molar-refractivity contribution is 7.93. The molecule has 0 bridgehead atoms. The molecule has 1 aliphatic heterocycles. The van der Waals surface area contributed by atoms with Gasteiger partial charge in [0.25, 0.3) is 0 Å². The second kappa shape index (κ2) is 9.41. The Morgan fingerprint density at radius 1 is 1.25 bits per heavy atom. The summed E-state index contributed by atoms with van der Waals surface area (Å²) in [6, 6.07) is 5.67. The number of benzene rings is 1. The van der Waals surface area contributed by atoms with Gasteiger partial charge < -0.3 is 10.5 Å². The Morgan fingerprint density at radius 3 is 2.67 bits per heavy atom. The van der Waals surface area contributed by atoms with Crippen LogP contribution in [0, 0.1) is 5.82 Å². The Balaban J connectivity index is 1.54. The van der Waals surface area contributed by atoms with Crippen molar-refractivity contribution in [3.8, 4) is 5.88 Å². The van der Waals surface area contributed by atoms with Gasteiger partial charge in [0, 0.05) is 18.0 Å². The van der Waals surface area contributed by atoms with Gasteiger partial charge in [0.05, 0.1) is 24.7 Å². The summed E-state index contributed by atoms with van der Waals surface area (Å²) < 4.78 is 61.2. The molecule has 0 spiro atoms. The maximum atomic E-state index is 14.9. The number of sulfone groups is 1. The minimum Gasteiger partial charge on any atom is -0.475 e. The number of rotatable bonds is 7. The fourth-order valence-corrected chi connectivity index (χ4v) is 5.42. The van der Waals surface area contributed by atoms with Gasteiger partial charge in [0.15, 0.2) is 15.7 Å². The summed E-state index contributed by atoms with van der Waals surface area (Å²) in [5.74, 6) is -1.70. The van der Waals surface area contributed by atoms with E-state index in [1.807, 2.05) is 0 Å². The first kappa shape index (κ1) is 25.4. The van der Waals surface area contributed by atoms with Gasteiger partial charge in [0.2, 0.25) is 5.88 Å². The second-order valence-electron chi connectivity index (χ2n) is 9.13. The number of hydrogen-bond donors (Lipinski definition) is 1. The van der Waals surface area contributed by atoms with Crippen LogP contribution >= 0.6 is 0 Å². The molecule has 36 heavy (non-hydrogen) atoms. The van der Waals surface area contributed by atoms with Gasteiger partial charge in [-0.05, 0) is 50.6 Å². The summed E-state index contributed by atoms with van der Waals surface area (Å²) in [7, 11) is -3.73. The predicted octanol–water partition coefficient (Wildman–Crippen LogP) is 3.14. The molecule has 0 saturated carbocycles. The number of aliphatic imine (C=N–C) groups is 1. The van der Waals surface area contributed by atoms with Gasteiger partial charge in [0.1, 0.15) is 34.2 Å². The number of aromatic nitrogens is 4. The van der Waals surface area contributed by atoms with Crippen LogP contribution in [0.15, 0.2) is 54.0 Å². The minimum atomic E-state index is -3.73. The van der Waals surface area contributed by atoms with E-state index in [2.05, 4.69) is 20.1 Å². The van der Waals surface area contributed by atoms with Crippen LogP contribution in [-0.4, -0.2) is 51.1 Å². The molecular formula is C24H26F2N6O3S. The molecule has 0 saturated heterocycles. The molecular weight excluding hydrogens is 490 g/mol. The number of nitrogens with two attached hydrogens (primary N) is 1. The van der Waals surface area contributed by atoms with Crippen molar-refractivity contribution in [1.82, 2.24) is 19.7 Å². The van der Waals surface area contributed by atoms with Gasteiger partial charge in [-0.25, -0.2) is 27.2 Å². The Morgan fingerprint density at radius 2 is 2.03 bits per heavy atom. The van der Waals surface area contributed by atoms with Gasteiger partial charge in [-0.1, -0.05) is 6.07 Å². The van der Waals surface area contributed by atoms with Crippen molar-refractivity contribution in [2.75, 3.05) is 12.4 Å². The van der Waals surface area contributed by atoms with Crippen molar-refractivity contribution in [2.24, 2.45) is 10.7 Å². The lowest BCUT2D eigenvalue weighted by atomic mass is 9.91. The summed E-state index contributed by atoms with van der Waals surface area (Å²) in [4.78, 5) is 12.4. The van der Waals surface area contributed by atoms with Crippen LogP contribution in [0.1, 0.15) is 37.6 Å². The lowest BCUT2D eigenvalue weighted by Gasteiger charge is -2.38. The first-order valence-corrected chi connectivity index (χ1v) is 12.7. The number of amidine groups is 1. The maximum Gasteiger partial charge on any atom is 0.232 e. The molecule has 190 valence electrons. The Kier molecular flexibility index (Phi) is 6.65. The summed E-state index contributed by atoms with van der Waals surface area (Å²) in [6.07, 6.45) is 7.14. The first-order valence-electron chi connectivity index (χ1n) is 11.1. The lowest BCUT2D eigenvalue weighted by Crippen LogP contribution is -2.55. The Bertz CT molecular complexity index is 1420. The first-order chi connectivity index (χ1) is 16.9. The van der Waals surface area contributed by atoms with Crippen LogP contribution in [0.3, 0.4) is 0 Å². The van der Waals surface area contributed by atoms with Crippen LogP contribution in [-0.2, 0) is 21.9 Å². The third kappa shape index (κ3) is 4.99. The fraction of sp³-hybridized carbons (Fsp3) is 0.333. The van der Waals surface area contributed by atoms with Crippen molar-refractivity contribution in [2.45, 2.75) is 37.6 Å². The zero-order valence-electron chi connectivity index (χ0n) is 20.0. The van der Waals surface area contributed by atoms with Gasteiger partial charge in [-0.2, -0.15) is 5.10 Å². The molecule has 12 heteroatoms. The van der Waals surface area contributed by atoms with Crippen molar-refractivity contribution in [3.05, 3.63) is 71.7 Å². The van der Waals surface area contributed by atoms with E-state index in [4.69, 9.17) is 10.5 Å². The number of halogens is 2. The summed E-state index contributed by atoms with van der Waals surface area (Å²) in [6.45, 7) is 5.24. The largest absolute Gasteiger partial charge is 0.475 e. The quantitative estimate of drug-likeness (QED) is 0.511. The fourth-order valence-electron chi connectivity index (χ4n) is 3.74. The molecule has 3 aromatic rings. The van der Waals surface area contributed by atoms with E-state index in [0.717, 1.165) is 12.1 Å². The molecule has 9 nitrogen and oxygen atoms in total. The molecule has 2 N–H and O–H groups in total. The van der Waals surface area contributed by atoms with Gasteiger partial charge in [-0.15, -0.1) is 0 Å². The normalized spacial score (nSPS) is 21.1. The molecule has 1 atom stereocenters. The summed E-state index contributed by atoms with van der Waals surface area (Å²) >= 11 is 0.